The van der Waals surface area contributed by atoms with Crippen LogP contribution in [-0.2, 0) is 0 Å². The number of methoxy groups -OCH3 is 3. The standard InChI is InChI=1S/C22H30N2O4/c1-5-28-18-8-6-7-16(13-18)21(24-11-9-23-10-12-24)17-14-19(25-2)22(27-4)20(15-17)26-3/h6-8,13-15,21,23H,5,9-12H2,1-4H3. The molecule has 0 amide bonds. The first-order valence-corrected chi connectivity index (χ1v) is 9.69. The Kier molecular flexibility index (Phi) is 7.01. The molecule has 28 heavy (non-hydrogen) atoms. The third kappa shape index (κ3) is 4.34. The van der Waals surface area contributed by atoms with Gasteiger partial charge in [-0.25, -0.2) is 0 Å². The van der Waals surface area contributed by atoms with Gasteiger partial charge < -0.3 is 24.3 Å². The summed E-state index contributed by atoms with van der Waals surface area (Å²) in [7, 11) is 4.92. The third-order valence-corrected chi connectivity index (χ3v) is 5.00. The number of benzene rings is 2. The van der Waals surface area contributed by atoms with Crippen molar-refractivity contribution >= 4 is 0 Å². The minimum absolute atomic E-state index is 0.0659. The molecule has 1 heterocycles. The van der Waals surface area contributed by atoms with E-state index in [1.54, 1.807) is 21.3 Å². The van der Waals surface area contributed by atoms with Gasteiger partial charge in [0, 0.05) is 26.2 Å². The molecule has 6 heteroatoms. The average molecular weight is 386 g/mol. The van der Waals surface area contributed by atoms with Crippen LogP contribution in [-0.4, -0.2) is 59.0 Å². The zero-order valence-corrected chi connectivity index (χ0v) is 17.2. The van der Waals surface area contributed by atoms with Gasteiger partial charge in [0.25, 0.3) is 0 Å². The summed E-state index contributed by atoms with van der Waals surface area (Å²) in [4.78, 5) is 2.47. The molecule has 2 aromatic carbocycles. The summed E-state index contributed by atoms with van der Waals surface area (Å²) in [5.41, 5.74) is 2.28. The van der Waals surface area contributed by atoms with E-state index in [1.165, 1.54) is 5.56 Å². The molecular formula is C22H30N2O4. The van der Waals surface area contributed by atoms with Crippen LogP contribution in [0.5, 0.6) is 23.0 Å². The molecule has 1 atom stereocenters. The van der Waals surface area contributed by atoms with Crippen LogP contribution in [0, 0.1) is 0 Å². The zero-order valence-electron chi connectivity index (χ0n) is 17.2. The van der Waals surface area contributed by atoms with Crippen LogP contribution in [0.1, 0.15) is 24.1 Å². The highest BCUT2D eigenvalue weighted by molar-refractivity contribution is 5.55. The molecule has 0 aliphatic carbocycles. The van der Waals surface area contributed by atoms with Gasteiger partial charge in [-0.15, -0.1) is 0 Å². The van der Waals surface area contributed by atoms with Crippen LogP contribution in [0.25, 0.3) is 0 Å². The minimum atomic E-state index is 0.0659. The van der Waals surface area contributed by atoms with Crippen LogP contribution >= 0.6 is 0 Å². The monoisotopic (exact) mass is 386 g/mol. The lowest BCUT2D eigenvalue weighted by molar-refractivity contribution is 0.197. The van der Waals surface area contributed by atoms with Gasteiger partial charge in [0.15, 0.2) is 11.5 Å². The van der Waals surface area contributed by atoms with Gasteiger partial charge in [-0.05, 0) is 42.3 Å². The lowest BCUT2D eigenvalue weighted by Gasteiger charge is -2.36. The quantitative estimate of drug-likeness (QED) is 0.752. The Morgan fingerprint density at radius 1 is 0.929 bits per heavy atom. The Hall–Kier alpha value is -2.44. The Balaban J connectivity index is 2.10. The number of piperazine rings is 1. The average Bonchev–Trinajstić information content (AvgIpc) is 2.74. The van der Waals surface area contributed by atoms with E-state index in [1.807, 2.05) is 31.2 Å². The van der Waals surface area contributed by atoms with E-state index in [-0.39, 0.29) is 6.04 Å². The lowest BCUT2D eigenvalue weighted by atomic mass is 9.95. The van der Waals surface area contributed by atoms with Crippen molar-refractivity contribution in [2.45, 2.75) is 13.0 Å². The summed E-state index contributed by atoms with van der Waals surface area (Å²) < 4.78 is 22.4. The predicted octanol–water partition coefficient (Wildman–Crippen LogP) is 3.11. The van der Waals surface area contributed by atoms with Crippen molar-refractivity contribution in [3.05, 3.63) is 47.5 Å². The smallest absolute Gasteiger partial charge is 0.203 e. The Morgan fingerprint density at radius 3 is 2.18 bits per heavy atom. The summed E-state index contributed by atoms with van der Waals surface area (Å²) in [6.07, 6.45) is 0. The van der Waals surface area contributed by atoms with E-state index in [0.717, 1.165) is 37.5 Å². The molecular weight excluding hydrogens is 356 g/mol. The molecule has 1 saturated heterocycles. The zero-order chi connectivity index (χ0) is 19.9. The molecule has 0 aromatic heterocycles. The molecule has 0 radical (unpaired) electrons. The highest BCUT2D eigenvalue weighted by atomic mass is 16.5. The molecule has 152 valence electrons. The number of nitrogens with zero attached hydrogens (tertiary/aromatic N) is 1. The number of hydrogen-bond donors (Lipinski definition) is 1. The van der Waals surface area contributed by atoms with Gasteiger partial charge in [0.2, 0.25) is 5.75 Å². The first kappa shape index (κ1) is 20.3. The van der Waals surface area contributed by atoms with Crippen molar-refractivity contribution in [2.24, 2.45) is 0 Å². The second kappa shape index (κ2) is 9.66. The van der Waals surface area contributed by atoms with Gasteiger partial charge in [0.1, 0.15) is 5.75 Å². The van der Waals surface area contributed by atoms with E-state index in [4.69, 9.17) is 18.9 Å². The normalized spacial score (nSPS) is 15.7. The van der Waals surface area contributed by atoms with Gasteiger partial charge in [-0.3, -0.25) is 4.90 Å². The SMILES string of the molecule is CCOc1cccc(C(c2cc(OC)c(OC)c(OC)c2)N2CCNCC2)c1. The highest BCUT2D eigenvalue weighted by Gasteiger charge is 2.27. The van der Waals surface area contributed by atoms with Crippen molar-refractivity contribution < 1.29 is 18.9 Å². The molecule has 1 fully saturated rings. The van der Waals surface area contributed by atoms with E-state index in [0.29, 0.717) is 23.9 Å². The number of hydrogen-bond acceptors (Lipinski definition) is 6. The lowest BCUT2D eigenvalue weighted by Crippen LogP contribution is -2.45. The Morgan fingerprint density at radius 2 is 1.61 bits per heavy atom. The molecule has 1 unspecified atom stereocenters. The van der Waals surface area contributed by atoms with Crippen molar-refractivity contribution in [3.8, 4) is 23.0 Å². The number of rotatable bonds is 8. The fourth-order valence-electron chi connectivity index (χ4n) is 3.75. The second-order valence-corrected chi connectivity index (χ2v) is 6.65. The van der Waals surface area contributed by atoms with Crippen molar-refractivity contribution in [3.63, 3.8) is 0 Å². The van der Waals surface area contributed by atoms with Gasteiger partial charge in [-0.1, -0.05) is 12.1 Å². The molecule has 0 spiro atoms. The van der Waals surface area contributed by atoms with Crippen LogP contribution < -0.4 is 24.3 Å². The van der Waals surface area contributed by atoms with Crippen LogP contribution in [0.15, 0.2) is 36.4 Å². The van der Waals surface area contributed by atoms with E-state index < -0.39 is 0 Å². The fourth-order valence-corrected chi connectivity index (χ4v) is 3.75. The predicted molar refractivity (Wildman–Crippen MR) is 110 cm³/mol. The van der Waals surface area contributed by atoms with Crippen LogP contribution in [0.3, 0.4) is 0 Å². The number of nitrogens with one attached hydrogen (secondary N) is 1. The van der Waals surface area contributed by atoms with Crippen LogP contribution in [0.4, 0.5) is 0 Å². The molecule has 0 saturated carbocycles. The highest BCUT2D eigenvalue weighted by Crippen LogP contribution is 2.42. The maximum Gasteiger partial charge on any atom is 0.203 e. The van der Waals surface area contributed by atoms with Crippen molar-refractivity contribution in [2.75, 3.05) is 54.1 Å². The Bertz CT molecular complexity index is 750. The molecule has 1 aliphatic rings. The summed E-state index contributed by atoms with van der Waals surface area (Å²) in [6.45, 7) is 6.49. The summed E-state index contributed by atoms with van der Waals surface area (Å²) >= 11 is 0. The fraction of sp³-hybridized carbons (Fsp3) is 0.455. The van der Waals surface area contributed by atoms with Gasteiger partial charge >= 0.3 is 0 Å². The van der Waals surface area contributed by atoms with E-state index >= 15 is 0 Å². The largest absolute Gasteiger partial charge is 0.494 e. The molecule has 1 N–H and O–H groups in total. The van der Waals surface area contributed by atoms with Gasteiger partial charge in [-0.2, -0.15) is 0 Å². The first-order valence-electron chi connectivity index (χ1n) is 9.69. The molecule has 6 nitrogen and oxygen atoms in total. The second-order valence-electron chi connectivity index (χ2n) is 6.65. The topological polar surface area (TPSA) is 52.2 Å². The van der Waals surface area contributed by atoms with Gasteiger partial charge in [0.05, 0.1) is 34.0 Å². The molecule has 3 rings (SSSR count). The third-order valence-electron chi connectivity index (χ3n) is 5.00. The number of ether oxygens (including phenoxy) is 4. The first-order chi connectivity index (χ1) is 13.7. The summed E-state index contributed by atoms with van der Waals surface area (Å²) in [6, 6.07) is 12.5. The van der Waals surface area contributed by atoms with E-state index in [2.05, 4.69) is 22.3 Å². The maximum atomic E-state index is 5.75. The molecule has 0 bridgehead atoms. The minimum Gasteiger partial charge on any atom is -0.494 e. The summed E-state index contributed by atoms with van der Waals surface area (Å²) in [5, 5.41) is 3.43. The van der Waals surface area contributed by atoms with Crippen molar-refractivity contribution in [1.82, 2.24) is 10.2 Å². The van der Waals surface area contributed by atoms with E-state index in [9.17, 15) is 0 Å². The maximum absolute atomic E-state index is 5.75. The van der Waals surface area contributed by atoms with Crippen molar-refractivity contribution in [1.29, 1.82) is 0 Å². The van der Waals surface area contributed by atoms with Crippen LogP contribution in [0.2, 0.25) is 0 Å². The Labute approximate surface area is 167 Å². The molecule has 2 aromatic rings. The summed E-state index contributed by atoms with van der Waals surface area (Å²) in [5.74, 6) is 2.82. The molecule has 1 aliphatic heterocycles.